The van der Waals surface area contributed by atoms with Gasteiger partial charge in [-0.3, -0.25) is 4.79 Å². The number of H-pyrrole nitrogens is 1. The van der Waals surface area contributed by atoms with Crippen LogP contribution in [0.3, 0.4) is 0 Å². The number of nitrogens with one attached hydrogen (secondary N) is 2. The van der Waals surface area contributed by atoms with E-state index in [4.69, 9.17) is 13.9 Å². The number of ether oxygens (including phenoxy) is 2. The lowest BCUT2D eigenvalue weighted by molar-refractivity contribution is -0.153. The molecule has 210 valence electrons. The van der Waals surface area contributed by atoms with E-state index < -0.39 is 29.7 Å². The van der Waals surface area contributed by atoms with Crippen molar-refractivity contribution in [1.82, 2.24) is 25.4 Å². The molecule has 12 heteroatoms. The first-order chi connectivity index (χ1) is 18.4. The van der Waals surface area contributed by atoms with Crippen molar-refractivity contribution >= 4 is 40.6 Å². The molecule has 0 saturated carbocycles. The number of alkyl carbamates (subject to hydrolysis) is 1. The van der Waals surface area contributed by atoms with Crippen LogP contribution in [0.4, 0.5) is 4.79 Å². The summed E-state index contributed by atoms with van der Waals surface area (Å²) in [5.74, 6) is -0.269. The van der Waals surface area contributed by atoms with Crippen LogP contribution in [0.25, 0.3) is 10.9 Å². The number of hydrogen-bond acceptors (Lipinski definition) is 9. The zero-order valence-electron chi connectivity index (χ0n) is 23.1. The van der Waals surface area contributed by atoms with Crippen LogP contribution in [0.15, 0.2) is 33.9 Å². The van der Waals surface area contributed by atoms with Crippen LogP contribution in [-0.2, 0) is 32.0 Å². The normalized spacial score (nSPS) is 16.2. The van der Waals surface area contributed by atoms with Gasteiger partial charge in [0.05, 0.1) is 19.4 Å². The van der Waals surface area contributed by atoms with Gasteiger partial charge in [0.2, 0.25) is 11.8 Å². The molecule has 1 aromatic carbocycles. The quantitative estimate of drug-likeness (QED) is 0.305. The van der Waals surface area contributed by atoms with Crippen molar-refractivity contribution in [3.8, 4) is 0 Å². The summed E-state index contributed by atoms with van der Waals surface area (Å²) in [6, 6.07) is 6.59. The van der Waals surface area contributed by atoms with Crippen molar-refractivity contribution in [2.24, 2.45) is 5.92 Å². The molecule has 0 saturated heterocycles. The fourth-order valence-electron chi connectivity index (χ4n) is 4.59. The Balaban J connectivity index is 1.45. The first-order valence-electron chi connectivity index (χ1n) is 12.9. The Hall–Kier alpha value is -3.54. The average Bonchev–Trinajstić information content (AvgIpc) is 3.48. The van der Waals surface area contributed by atoms with Gasteiger partial charge in [-0.05, 0) is 44.7 Å². The number of thioether (sulfide) groups is 1. The van der Waals surface area contributed by atoms with Crippen molar-refractivity contribution in [3.63, 3.8) is 0 Å². The zero-order chi connectivity index (χ0) is 28.3. The summed E-state index contributed by atoms with van der Waals surface area (Å²) in [4.78, 5) is 43.2. The predicted molar refractivity (Wildman–Crippen MR) is 145 cm³/mol. The summed E-state index contributed by atoms with van der Waals surface area (Å²) in [7, 11) is 1.32. The Morgan fingerprint density at radius 1 is 1.23 bits per heavy atom. The molecule has 2 N–H and O–H groups in total. The van der Waals surface area contributed by atoms with E-state index in [1.54, 1.807) is 20.8 Å². The van der Waals surface area contributed by atoms with Gasteiger partial charge in [-0.15, -0.1) is 10.2 Å². The molecule has 1 aliphatic heterocycles. The molecule has 0 spiro atoms. The Morgan fingerprint density at radius 2 is 1.97 bits per heavy atom. The Labute approximate surface area is 231 Å². The van der Waals surface area contributed by atoms with Gasteiger partial charge in [-0.25, -0.2) is 9.59 Å². The molecule has 2 amide bonds. The van der Waals surface area contributed by atoms with E-state index in [9.17, 15) is 14.4 Å². The van der Waals surface area contributed by atoms with E-state index in [0.29, 0.717) is 12.8 Å². The maximum atomic E-state index is 13.3. The maximum Gasteiger partial charge on any atom is 0.408 e. The lowest BCUT2D eigenvalue weighted by atomic mass is 9.96. The summed E-state index contributed by atoms with van der Waals surface area (Å²) >= 11 is 1.08. The third-order valence-electron chi connectivity index (χ3n) is 6.24. The van der Waals surface area contributed by atoms with E-state index in [0.717, 1.165) is 33.9 Å². The highest BCUT2D eigenvalue weighted by molar-refractivity contribution is 7.99. The first kappa shape index (κ1) is 28.5. The van der Waals surface area contributed by atoms with Crippen molar-refractivity contribution in [1.29, 1.82) is 0 Å². The van der Waals surface area contributed by atoms with Crippen molar-refractivity contribution < 1.29 is 28.3 Å². The number of aromatic nitrogens is 3. The van der Waals surface area contributed by atoms with E-state index in [1.165, 1.54) is 12.0 Å². The number of fused-ring (bicyclic) bond motifs is 3. The lowest BCUT2D eigenvalue weighted by Crippen LogP contribution is -2.49. The van der Waals surface area contributed by atoms with Crippen LogP contribution in [0.5, 0.6) is 0 Å². The topological polar surface area (TPSA) is 140 Å². The zero-order valence-corrected chi connectivity index (χ0v) is 23.9. The van der Waals surface area contributed by atoms with Crippen LogP contribution >= 0.6 is 11.8 Å². The number of carbonyl (C=O) groups is 3. The van der Waals surface area contributed by atoms with E-state index in [-0.39, 0.29) is 35.2 Å². The minimum absolute atomic E-state index is 0.0149. The highest BCUT2D eigenvalue weighted by Gasteiger charge is 2.37. The SMILES string of the molecule is COC(=O)[C@H]1Cc2c([nH]c3ccccc23)CN1C(=O)CSc1nnc([C@@H](CC(C)C)NC(=O)OC(C)(C)C)o1. The third kappa shape index (κ3) is 6.92. The first-order valence-corrected chi connectivity index (χ1v) is 13.8. The Kier molecular flexibility index (Phi) is 8.53. The molecule has 4 rings (SSSR count). The molecule has 0 radical (unpaired) electrons. The molecule has 39 heavy (non-hydrogen) atoms. The van der Waals surface area contributed by atoms with Crippen LogP contribution in [0.2, 0.25) is 0 Å². The number of esters is 1. The summed E-state index contributed by atoms with van der Waals surface area (Å²) in [6.07, 6.45) is 0.345. The summed E-state index contributed by atoms with van der Waals surface area (Å²) < 4.78 is 16.2. The number of aromatic amines is 1. The second-order valence-electron chi connectivity index (χ2n) is 10.9. The minimum atomic E-state index is -0.735. The summed E-state index contributed by atoms with van der Waals surface area (Å²) in [5.41, 5.74) is 2.24. The standard InChI is InChI=1S/C27H35N5O6S/c1-15(2)11-19(29-25(35)38-27(3,4)5)23-30-31-26(37-23)39-14-22(33)32-13-20-17(12-21(32)24(34)36-6)16-9-7-8-10-18(16)28-20/h7-10,15,19,21,28H,11-14H2,1-6H3,(H,29,35)/t19-,21-/m1/s1. The highest BCUT2D eigenvalue weighted by Crippen LogP contribution is 2.32. The largest absolute Gasteiger partial charge is 0.467 e. The summed E-state index contributed by atoms with van der Waals surface area (Å²) in [6.45, 7) is 9.65. The second kappa shape index (κ2) is 11.7. The molecule has 2 atom stereocenters. The maximum absolute atomic E-state index is 13.3. The van der Waals surface area contributed by atoms with Crippen LogP contribution < -0.4 is 5.32 Å². The molecule has 3 aromatic rings. The van der Waals surface area contributed by atoms with Gasteiger partial charge in [-0.2, -0.15) is 0 Å². The molecular weight excluding hydrogens is 522 g/mol. The van der Waals surface area contributed by atoms with Gasteiger partial charge >= 0.3 is 12.1 Å². The van der Waals surface area contributed by atoms with Crippen molar-refractivity contribution in [2.75, 3.05) is 12.9 Å². The van der Waals surface area contributed by atoms with Gasteiger partial charge in [0.1, 0.15) is 17.7 Å². The molecule has 11 nitrogen and oxygen atoms in total. The van der Waals surface area contributed by atoms with Crippen molar-refractivity contribution in [2.45, 2.75) is 76.9 Å². The van der Waals surface area contributed by atoms with Gasteiger partial charge in [0.15, 0.2) is 0 Å². The molecule has 2 aromatic heterocycles. The Morgan fingerprint density at radius 3 is 2.67 bits per heavy atom. The van der Waals surface area contributed by atoms with Crippen LogP contribution in [0, 0.1) is 5.92 Å². The number of benzene rings is 1. The van der Waals surface area contributed by atoms with Gasteiger partial charge < -0.3 is 29.1 Å². The number of nitrogens with zero attached hydrogens (tertiary/aromatic N) is 3. The van der Waals surface area contributed by atoms with Gasteiger partial charge in [0.25, 0.3) is 5.22 Å². The summed E-state index contributed by atoms with van der Waals surface area (Å²) in [5, 5.41) is 12.2. The predicted octanol–water partition coefficient (Wildman–Crippen LogP) is 4.38. The Bertz CT molecular complexity index is 1340. The molecular formula is C27H35N5O6S. The molecule has 0 fully saturated rings. The lowest BCUT2D eigenvalue weighted by Gasteiger charge is -2.33. The number of para-hydroxylation sites is 1. The fourth-order valence-corrected chi connectivity index (χ4v) is 5.24. The molecule has 0 bridgehead atoms. The number of amides is 2. The monoisotopic (exact) mass is 557 g/mol. The third-order valence-corrected chi connectivity index (χ3v) is 7.04. The van der Waals surface area contributed by atoms with Crippen LogP contribution in [-0.4, -0.2) is 62.6 Å². The smallest absolute Gasteiger partial charge is 0.408 e. The van der Waals surface area contributed by atoms with Gasteiger partial charge in [-0.1, -0.05) is 43.8 Å². The van der Waals surface area contributed by atoms with Gasteiger partial charge in [0, 0.05) is 23.0 Å². The number of rotatable bonds is 8. The second-order valence-corrected chi connectivity index (χ2v) is 11.8. The number of hydrogen-bond donors (Lipinski definition) is 2. The fraction of sp³-hybridized carbons (Fsp3) is 0.519. The van der Waals surface area contributed by atoms with E-state index in [2.05, 4.69) is 20.5 Å². The van der Waals surface area contributed by atoms with E-state index >= 15 is 0 Å². The number of methoxy groups -OCH3 is 1. The highest BCUT2D eigenvalue weighted by atomic mass is 32.2. The molecule has 0 aliphatic carbocycles. The molecule has 3 heterocycles. The number of carbonyl (C=O) groups excluding carboxylic acids is 3. The molecule has 0 unspecified atom stereocenters. The average molecular weight is 558 g/mol. The molecule has 1 aliphatic rings. The van der Waals surface area contributed by atoms with E-state index in [1.807, 2.05) is 38.1 Å². The van der Waals surface area contributed by atoms with Crippen molar-refractivity contribution in [3.05, 3.63) is 41.4 Å². The minimum Gasteiger partial charge on any atom is -0.467 e. The van der Waals surface area contributed by atoms with Crippen LogP contribution in [0.1, 0.15) is 64.2 Å².